The van der Waals surface area contributed by atoms with Gasteiger partial charge in [-0.25, -0.2) is 15.1 Å². The molecule has 1 unspecified atom stereocenters. The van der Waals surface area contributed by atoms with Crippen LogP contribution in [0.1, 0.15) is 34.3 Å². The highest BCUT2D eigenvalue weighted by atomic mass is 127. The van der Waals surface area contributed by atoms with E-state index in [2.05, 4.69) is 22.9 Å². The summed E-state index contributed by atoms with van der Waals surface area (Å²) in [5, 5.41) is 11.5. The Kier molecular flexibility index (Phi) is 7.13. The largest absolute Gasteiger partial charge is 0.479 e. The average molecular weight is 572 g/mol. The standard InChI is InChI=1S/C25H21IN2O6/c1-14(24(30)31)34-28-23(29)15-10-16(26)12-17(11-15)27-25(32)33-13-22-20-8-4-2-6-18(20)19-7-3-5-9-21(19)22/h2-12,14,22H,13H2,1H3,(H,27,32)(H,28,29)(H,30,31). The molecule has 0 saturated heterocycles. The summed E-state index contributed by atoms with van der Waals surface area (Å²) in [5.41, 5.74) is 7.16. The van der Waals surface area contributed by atoms with Gasteiger partial charge in [0.25, 0.3) is 5.91 Å². The minimum absolute atomic E-state index is 0.0660. The van der Waals surface area contributed by atoms with E-state index >= 15 is 0 Å². The van der Waals surface area contributed by atoms with Gasteiger partial charge in [0, 0.05) is 20.7 Å². The number of hydrogen-bond donors (Lipinski definition) is 3. The molecule has 0 aliphatic heterocycles. The molecule has 0 heterocycles. The Hall–Kier alpha value is -3.44. The Morgan fingerprint density at radius 1 is 1.00 bits per heavy atom. The van der Waals surface area contributed by atoms with Crippen molar-refractivity contribution < 1.29 is 29.1 Å². The normalized spacial score (nSPS) is 12.9. The highest BCUT2D eigenvalue weighted by Crippen LogP contribution is 2.44. The van der Waals surface area contributed by atoms with E-state index in [0.29, 0.717) is 9.26 Å². The number of ether oxygens (including phenoxy) is 1. The number of carboxylic acid groups (broad SMARTS) is 1. The predicted molar refractivity (Wildman–Crippen MR) is 133 cm³/mol. The van der Waals surface area contributed by atoms with Crippen LogP contribution < -0.4 is 10.8 Å². The van der Waals surface area contributed by atoms with Gasteiger partial charge in [-0.05, 0) is 70.0 Å². The summed E-state index contributed by atoms with van der Waals surface area (Å²) in [6.07, 6.45) is -1.85. The third kappa shape index (κ3) is 5.20. The molecule has 9 heteroatoms. The van der Waals surface area contributed by atoms with E-state index in [0.717, 1.165) is 22.3 Å². The fraction of sp³-hybridized carbons (Fsp3) is 0.160. The Morgan fingerprint density at radius 3 is 2.24 bits per heavy atom. The van der Waals surface area contributed by atoms with Gasteiger partial charge in [0.15, 0.2) is 6.10 Å². The van der Waals surface area contributed by atoms with Gasteiger partial charge in [-0.15, -0.1) is 0 Å². The number of halogens is 1. The first-order valence-corrected chi connectivity index (χ1v) is 11.5. The lowest BCUT2D eigenvalue weighted by molar-refractivity contribution is -0.152. The summed E-state index contributed by atoms with van der Waals surface area (Å²) in [6.45, 7) is 1.46. The molecular formula is C25H21IN2O6. The number of amides is 2. The van der Waals surface area contributed by atoms with Gasteiger partial charge in [0.2, 0.25) is 0 Å². The van der Waals surface area contributed by atoms with Crippen molar-refractivity contribution in [3.05, 3.63) is 87.0 Å². The lowest BCUT2D eigenvalue weighted by Crippen LogP contribution is -2.32. The van der Waals surface area contributed by atoms with Crippen molar-refractivity contribution in [3.63, 3.8) is 0 Å². The third-order valence-electron chi connectivity index (χ3n) is 5.43. The molecule has 1 atom stereocenters. The number of carbonyl (C=O) groups is 3. The molecule has 0 spiro atoms. The number of rotatable bonds is 7. The van der Waals surface area contributed by atoms with Gasteiger partial charge in [-0.2, -0.15) is 0 Å². The van der Waals surface area contributed by atoms with Crippen molar-refractivity contribution >= 4 is 46.2 Å². The van der Waals surface area contributed by atoms with E-state index in [1.54, 1.807) is 12.1 Å². The van der Waals surface area contributed by atoms with Crippen LogP contribution in [0, 0.1) is 3.57 Å². The predicted octanol–water partition coefficient (Wildman–Crippen LogP) is 4.79. The van der Waals surface area contributed by atoms with E-state index in [9.17, 15) is 14.4 Å². The van der Waals surface area contributed by atoms with Crippen molar-refractivity contribution in [1.82, 2.24) is 5.48 Å². The van der Waals surface area contributed by atoms with Gasteiger partial charge in [0.1, 0.15) is 6.61 Å². The van der Waals surface area contributed by atoms with Gasteiger partial charge >= 0.3 is 12.1 Å². The highest BCUT2D eigenvalue weighted by Gasteiger charge is 2.29. The summed E-state index contributed by atoms with van der Waals surface area (Å²) in [6, 6.07) is 20.8. The third-order valence-corrected chi connectivity index (χ3v) is 6.05. The molecule has 0 saturated carbocycles. The molecule has 0 radical (unpaired) electrons. The molecule has 3 N–H and O–H groups in total. The fourth-order valence-corrected chi connectivity index (χ4v) is 4.47. The molecule has 34 heavy (non-hydrogen) atoms. The molecule has 3 aromatic carbocycles. The molecule has 3 aromatic rings. The fourth-order valence-electron chi connectivity index (χ4n) is 3.80. The van der Waals surface area contributed by atoms with Crippen LogP contribution >= 0.6 is 22.6 Å². The van der Waals surface area contributed by atoms with Gasteiger partial charge in [-0.1, -0.05) is 48.5 Å². The number of hydrogen-bond acceptors (Lipinski definition) is 5. The zero-order chi connectivity index (χ0) is 24.2. The number of fused-ring (bicyclic) bond motifs is 3. The molecule has 0 fully saturated rings. The van der Waals surface area contributed by atoms with Gasteiger partial charge < -0.3 is 9.84 Å². The maximum Gasteiger partial charge on any atom is 0.411 e. The van der Waals surface area contributed by atoms with Crippen molar-refractivity contribution in [2.24, 2.45) is 0 Å². The number of carbonyl (C=O) groups excluding carboxylic acids is 2. The van der Waals surface area contributed by atoms with Crippen LogP contribution in [0.4, 0.5) is 10.5 Å². The maximum absolute atomic E-state index is 12.5. The average Bonchev–Trinajstić information content (AvgIpc) is 3.14. The second kappa shape index (κ2) is 10.2. The smallest absolute Gasteiger partial charge is 0.411 e. The zero-order valence-electron chi connectivity index (χ0n) is 18.1. The maximum atomic E-state index is 12.5. The first-order chi connectivity index (χ1) is 16.3. The second-order valence-electron chi connectivity index (χ2n) is 7.71. The molecular weight excluding hydrogens is 551 g/mol. The summed E-state index contributed by atoms with van der Waals surface area (Å²) >= 11 is 2.01. The molecule has 8 nitrogen and oxygen atoms in total. The summed E-state index contributed by atoms with van der Waals surface area (Å²) in [5.74, 6) is -1.91. The van der Waals surface area contributed by atoms with Crippen LogP contribution in [0.15, 0.2) is 66.7 Å². The van der Waals surface area contributed by atoms with Crippen LogP contribution in [0.25, 0.3) is 11.1 Å². The summed E-state index contributed by atoms with van der Waals surface area (Å²) in [7, 11) is 0. The topological polar surface area (TPSA) is 114 Å². The van der Waals surface area contributed by atoms with Crippen molar-refractivity contribution in [2.75, 3.05) is 11.9 Å². The lowest BCUT2D eigenvalue weighted by atomic mass is 9.98. The van der Waals surface area contributed by atoms with Crippen LogP contribution in [0.3, 0.4) is 0 Å². The van der Waals surface area contributed by atoms with Crippen LogP contribution in [-0.4, -0.2) is 35.8 Å². The Balaban J connectivity index is 1.41. The van der Waals surface area contributed by atoms with Crippen molar-refractivity contribution in [1.29, 1.82) is 0 Å². The van der Waals surface area contributed by atoms with E-state index in [1.807, 2.05) is 59.0 Å². The first-order valence-electron chi connectivity index (χ1n) is 10.4. The van der Waals surface area contributed by atoms with Crippen molar-refractivity contribution in [3.8, 4) is 11.1 Å². The number of carboxylic acids is 1. The SMILES string of the molecule is CC(ONC(=O)c1cc(I)cc(NC(=O)OCC2c3ccccc3-c3ccccc32)c1)C(=O)O. The minimum Gasteiger partial charge on any atom is -0.479 e. The monoisotopic (exact) mass is 572 g/mol. The molecule has 0 aromatic heterocycles. The Labute approximate surface area is 209 Å². The number of aliphatic carboxylic acids is 1. The lowest BCUT2D eigenvalue weighted by Gasteiger charge is -2.15. The minimum atomic E-state index is -1.21. The number of nitrogens with one attached hydrogen (secondary N) is 2. The molecule has 0 bridgehead atoms. The Bertz CT molecular complexity index is 1220. The number of benzene rings is 3. The zero-order valence-corrected chi connectivity index (χ0v) is 20.2. The van der Waals surface area contributed by atoms with Gasteiger partial charge in [-0.3, -0.25) is 14.9 Å². The number of anilines is 1. The Morgan fingerprint density at radius 2 is 1.62 bits per heavy atom. The van der Waals surface area contributed by atoms with E-state index in [1.165, 1.54) is 13.0 Å². The second-order valence-corrected chi connectivity index (χ2v) is 8.95. The number of hydroxylamine groups is 1. The first kappa shape index (κ1) is 23.7. The van der Waals surface area contributed by atoms with Crippen LogP contribution in [-0.2, 0) is 14.4 Å². The highest BCUT2D eigenvalue weighted by molar-refractivity contribution is 14.1. The molecule has 4 rings (SSSR count). The summed E-state index contributed by atoms with van der Waals surface area (Å²) < 4.78 is 6.23. The summed E-state index contributed by atoms with van der Waals surface area (Å²) in [4.78, 5) is 40.5. The molecule has 2 amide bonds. The molecule has 1 aliphatic rings. The van der Waals surface area contributed by atoms with Crippen LogP contribution in [0.5, 0.6) is 0 Å². The van der Waals surface area contributed by atoms with E-state index in [4.69, 9.17) is 14.7 Å². The molecule has 174 valence electrons. The molecule has 1 aliphatic carbocycles. The quantitative estimate of drug-likeness (QED) is 0.277. The van der Waals surface area contributed by atoms with Crippen LogP contribution in [0.2, 0.25) is 0 Å². The van der Waals surface area contributed by atoms with E-state index < -0.39 is 24.1 Å². The van der Waals surface area contributed by atoms with Gasteiger partial charge in [0.05, 0.1) is 0 Å². The van der Waals surface area contributed by atoms with E-state index in [-0.39, 0.29) is 18.1 Å². The van der Waals surface area contributed by atoms with Crippen molar-refractivity contribution in [2.45, 2.75) is 18.9 Å².